The van der Waals surface area contributed by atoms with Gasteiger partial charge < -0.3 is 25.1 Å². The summed E-state index contributed by atoms with van der Waals surface area (Å²) in [6, 6.07) is 6.47. The zero-order chi connectivity index (χ0) is 26.2. The van der Waals surface area contributed by atoms with Gasteiger partial charge in [0.1, 0.15) is 5.52 Å². The first-order valence-electron chi connectivity index (χ1n) is 12.1. The third kappa shape index (κ3) is 4.54. The van der Waals surface area contributed by atoms with E-state index in [0.29, 0.717) is 55.0 Å². The van der Waals surface area contributed by atoms with Crippen molar-refractivity contribution in [1.29, 1.82) is 0 Å². The van der Waals surface area contributed by atoms with E-state index in [9.17, 15) is 4.79 Å². The van der Waals surface area contributed by atoms with Gasteiger partial charge in [0.15, 0.2) is 17.1 Å². The number of nitrogens with two attached hydrogens (primary N) is 1. The molecule has 6 rings (SSSR count). The molecule has 13 heteroatoms. The third-order valence-electron chi connectivity index (χ3n) is 6.43. The Morgan fingerprint density at radius 2 is 2.03 bits per heavy atom. The topological polar surface area (TPSA) is 155 Å². The second-order valence-electron chi connectivity index (χ2n) is 9.15. The maximum Gasteiger partial charge on any atom is 0.298 e. The van der Waals surface area contributed by atoms with Crippen LogP contribution in [0.2, 0.25) is 0 Å². The molecule has 0 saturated carbocycles. The first-order chi connectivity index (χ1) is 18.5. The largest absolute Gasteiger partial charge is 0.423 e. The second kappa shape index (κ2) is 9.59. The van der Waals surface area contributed by atoms with Crippen LogP contribution in [0.25, 0.3) is 22.2 Å². The van der Waals surface area contributed by atoms with E-state index in [2.05, 4.69) is 30.5 Å². The monoisotopic (exact) mass is 514 g/mol. The van der Waals surface area contributed by atoms with Crippen molar-refractivity contribution in [3.63, 3.8) is 0 Å². The minimum Gasteiger partial charge on any atom is -0.423 e. The van der Waals surface area contributed by atoms with Gasteiger partial charge in [-0.25, -0.2) is 9.97 Å². The lowest BCUT2D eigenvalue weighted by molar-refractivity contribution is 0.0995. The molecule has 0 spiro atoms. The zero-order valence-corrected chi connectivity index (χ0v) is 20.9. The third-order valence-corrected chi connectivity index (χ3v) is 6.43. The average molecular weight is 515 g/mol. The number of carbonyl (C=O) groups excluding carboxylic acids is 1. The van der Waals surface area contributed by atoms with E-state index in [-0.39, 0.29) is 11.6 Å². The SMILES string of the molecule is COCCn1cc(-c2ccc3nc(N4CC(c5cnc(Nc6cnn(C)c6)c(C(N)=O)n5)C4)oc3c2)cn1. The van der Waals surface area contributed by atoms with Crippen molar-refractivity contribution in [2.24, 2.45) is 12.8 Å². The highest BCUT2D eigenvalue weighted by Crippen LogP contribution is 2.34. The fourth-order valence-corrected chi connectivity index (χ4v) is 4.35. The van der Waals surface area contributed by atoms with Crippen LogP contribution in [0.4, 0.5) is 17.5 Å². The van der Waals surface area contributed by atoms with Gasteiger partial charge in [-0.05, 0) is 17.7 Å². The number of aryl methyl sites for hydroxylation is 1. The summed E-state index contributed by atoms with van der Waals surface area (Å²) < 4.78 is 14.7. The maximum atomic E-state index is 12.1. The molecule has 0 atom stereocenters. The molecule has 38 heavy (non-hydrogen) atoms. The number of amides is 1. The summed E-state index contributed by atoms with van der Waals surface area (Å²) in [6.07, 6.45) is 8.87. The Kier molecular flexibility index (Phi) is 5.96. The summed E-state index contributed by atoms with van der Waals surface area (Å²) in [4.78, 5) is 27.7. The van der Waals surface area contributed by atoms with E-state index in [1.54, 1.807) is 37.4 Å². The average Bonchev–Trinajstić information content (AvgIpc) is 3.61. The van der Waals surface area contributed by atoms with Crippen LogP contribution >= 0.6 is 0 Å². The quantitative estimate of drug-likeness (QED) is 0.299. The summed E-state index contributed by atoms with van der Waals surface area (Å²) in [5.41, 5.74) is 10.5. The number of anilines is 3. The Morgan fingerprint density at radius 1 is 1.16 bits per heavy atom. The number of rotatable bonds is 9. The lowest BCUT2D eigenvalue weighted by Crippen LogP contribution is -2.45. The van der Waals surface area contributed by atoms with E-state index < -0.39 is 5.91 Å². The van der Waals surface area contributed by atoms with Crippen LogP contribution in [-0.4, -0.2) is 67.2 Å². The standard InChI is InChI=1S/C25H26N10O3/c1-33-14-18(9-28-33)30-24-22(23(26)36)31-20(10-27-24)17-11-34(12-17)25-32-19-4-3-15(7-21(19)38-25)16-8-29-35(13-16)5-6-37-2/h3-4,7-10,13-14,17H,5-6,11-12H2,1-2H3,(H2,26,36)(H,27,30). The van der Waals surface area contributed by atoms with Crippen LogP contribution in [0.3, 0.4) is 0 Å². The van der Waals surface area contributed by atoms with Crippen LogP contribution in [0, 0.1) is 0 Å². The van der Waals surface area contributed by atoms with Crippen molar-refractivity contribution in [1.82, 2.24) is 34.5 Å². The van der Waals surface area contributed by atoms with Crippen LogP contribution < -0.4 is 16.0 Å². The second-order valence-corrected chi connectivity index (χ2v) is 9.15. The maximum absolute atomic E-state index is 12.1. The van der Waals surface area contributed by atoms with Gasteiger partial charge in [0.05, 0.1) is 43.1 Å². The fraction of sp³-hybridized carbons (Fsp3) is 0.280. The van der Waals surface area contributed by atoms with Crippen LogP contribution in [0.15, 0.2) is 53.6 Å². The van der Waals surface area contributed by atoms with Gasteiger partial charge in [-0.3, -0.25) is 14.2 Å². The summed E-state index contributed by atoms with van der Waals surface area (Å²) in [6.45, 7) is 2.56. The van der Waals surface area contributed by atoms with Crippen molar-refractivity contribution < 1.29 is 13.9 Å². The fourth-order valence-electron chi connectivity index (χ4n) is 4.35. The normalized spacial score (nSPS) is 13.7. The van der Waals surface area contributed by atoms with Crippen molar-refractivity contribution in [2.45, 2.75) is 12.5 Å². The number of methoxy groups -OCH3 is 1. The number of nitrogens with one attached hydrogen (secondary N) is 1. The summed E-state index contributed by atoms with van der Waals surface area (Å²) >= 11 is 0. The van der Waals surface area contributed by atoms with E-state index in [4.69, 9.17) is 14.9 Å². The molecule has 13 nitrogen and oxygen atoms in total. The number of hydrogen-bond donors (Lipinski definition) is 2. The molecule has 5 heterocycles. The van der Waals surface area contributed by atoms with E-state index in [0.717, 1.165) is 16.6 Å². The first kappa shape index (κ1) is 23.6. The van der Waals surface area contributed by atoms with E-state index >= 15 is 0 Å². The van der Waals surface area contributed by atoms with Gasteiger partial charge in [0, 0.05) is 51.1 Å². The van der Waals surface area contributed by atoms with E-state index in [1.807, 2.05) is 40.2 Å². The number of nitrogens with zero attached hydrogens (tertiary/aromatic N) is 8. The molecule has 1 fully saturated rings. The Balaban J connectivity index is 1.15. The number of fused-ring (bicyclic) bond motifs is 1. The highest BCUT2D eigenvalue weighted by atomic mass is 16.5. The van der Waals surface area contributed by atoms with E-state index in [1.165, 1.54) is 0 Å². The number of oxazole rings is 1. The molecule has 0 aliphatic carbocycles. The highest BCUT2D eigenvalue weighted by Gasteiger charge is 2.33. The van der Waals surface area contributed by atoms with Gasteiger partial charge in [0.2, 0.25) is 0 Å². The predicted octanol–water partition coefficient (Wildman–Crippen LogP) is 2.31. The molecular formula is C25H26N10O3. The lowest BCUT2D eigenvalue weighted by Gasteiger charge is -2.37. The molecule has 1 aromatic carbocycles. The number of benzene rings is 1. The van der Waals surface area contributed by atoms with Crippen molar-refractivity contribution in [2.75, 3.05) is 37.0 Å². The molecule has 5 aromatic rings. The highest BCUT2D eigenvalue weighted by molar-refractivity contribution is 5.96. The number of carbonyl (C=O) groups is 1. The summed E-state index contributed by atoms with van der Waals surface area (Å²) in [7, 11) is 3.47. The van der Waals surface area contributed by atoms with Gasteiger partial charge >= 0.3 is 0 Å². The number of primary amides is 1. The smallest absolute Gasteiger partial charge is 0.298 e. The summed E-state index contributed by atoms with van der Waals surface area (Å²) in [5.74, 6) is -0.290. The lowest BCUT2D eigenvalue weighted by atomic mass is 9.97. The minimum atomic E-state index is -0.652. The van der Waals surface area contributed by atoms with Crippen molar-refractivity contribution in [3.8, 4) is 11.1 Å². The Labute approximate surface area is 217 Å². The predicted molar refractivity (Wildman–Crippen MR) is 139 cm³/mol. The Morgan fingerprint density at radius 3 is 2.79 bits per heavy atom. The Bertz CT molecular complexity index is 1610. The summed E-state index contributed by atoms with van der Waals surface area (Å²) in [5, 5.41) is 11.5. The zero-order valence-electron chi connectivity index (χ0n) is 20.9. The Hall–Kier alpha value is -4.78. The number of ether oxygens (including phenoxy) is 1. The van der Waals surface area contributed by atoms with Crippen LogP contribution in [0.1, 0.15) is 22.1 Å². The number of hydrogen-bond acceptors (Lipinski definition) is 10. The molecule has 0 radical (unpaired) electrons. The van der Waals surface area contributed by atoms with Crippen LogP contribution in [-0.2, 0) is 18.3 Å². The first-order valence-corrected chi connectivity index (χ1v) is 12.1. The van der Waals surface area contributed by atoms with Gasteiger partial charge in [-0.15, -0.1) is 0 Å². The van der Waals surface area contributed by atoms with Crippen molar-refractivity contribution >= 4 is 34.5 Å². The molecule has 1 saturated heterocycles. The molecule has 1 aliphatic rings. The van der Waals surface area contributed by atoms with Crippen LogP contribution in [0.5, 0.6) is 0 Å². The minimum absolute atomic E-state index is 0.0663. The molecule has 0 unspecified atom stereocenters. The molecule has 3 N–H and O–H groups in total. The molecule has 194 valence electrons. The molecule has 1 amide bonds. The number of aromatic nitrogens is 7. The van der Waals surface area contributed by atoms with Gasteiger partial charge in [-0.1, -0.05) is 6.07 Å². The van der Waals surface area contributed by atoms with Crippen molar-refractivity contribution in [3.05, 3.63) is 60.6 Å². The van der Waals surface area contributed by atoms with Gasteiger partial charge in [-0.2, -0.15) is 15.2 Å². The molecule has 1 aliphatic heterocycles. The molecular weight excluding hydrogens is 488 g/mol. The molecule has 4 aromatic heterocycles. The molecule has 0 bridgehead atoms. The van der Waals surface area contributed by atoms with Gasteiger partial charge in [0.25, 0.3) is 11.9 Å².